The lowest BCUT2D eigenvalue weighted by Crippen LogP contribution is -2.40. The quantitative estimate of drug-likeness (QED) is 0.557. The van der Waals surface area contributed by atoms with Crippen LogP contribution in [0.4, 0.5) is 0 Å². The Morgan fingerprint density at radius 2 is 1.79 bits per heavy atom. The molecule has 2 N–H and O–H groups in total. The Kier molecular flexibility index (Phi) is 5.85. The normalized spacial score (nSPS) is 12.9. The van der Waals surface area contributed by atoms with Crippen LogP contribution in [0.15, 0.2) is 53.4 Å². The summed E-state index contributed by atoms with van der Waals surface area (Å²) < 4.78 is 35.8. The number of hydrogen-bond acceptors (Lipinski definition) is 6. The number of hydrogen-bond donors (Lipinski definition) is 2. The van der Waals surface area contributed by atoms with Gasteiger partial charge in [-0.15, -0.1) is 0 Å². The number of benzene rings is 2. The van der Waals surface area contributed by atoms with E-state index in [1.165, 1.54) is 44.4 Å². The summed E-state index contributed by atoms with van der Waals surface area (Å²) in [6.07, 6.45) is 2.79. The van der Waals surface area contributed by atoms with Crippen LogP contribution in [0.2, 0.25) is 0 Å². The first-order valence-corrected chi connectivity index (χ1v) is 9.92. The van der Waals surface area contributed by atoms with Gasteiger partial charge >= 0.3 is 0 Å². The molecule has 2 aromatic rings. The molecule has 0 unspecified atom stereocenters. The van der Waals surface area contributed by atoms with Crippen molar-refractivity contribution in [3.63, 3.8) is 0 Å². The van der Waals surface area contributed by atoms with Gasteiger partial charge in [0.05, 0.1) is 4.90 Å². The molecule has 0 aromatic heterocycles. The Labute approximate surface area is 167 Å². The molecule has 3 rings (SSSR count). The fourth-order valence-corrected chi connectivity index (χ4v) is 3.38. The number of amides is 2. The number of rotatable bonds is 5. The van der Waals surface area contributed by atoms with Gasteiger partial charge in [-0.3, -0.25) is 20.4 Å². The smallest absolute Gasteiger partial charge is 0.269 e. The summed E-state index contributed by atoms with van der Waals surface area (Å²) in [5.74, 6) is 0.0181. The van der Waals surface area contributed by atoms with Crippen molar-refractivity contribution < 1.29 is 27.5 Å². The predicted octanol–water partition coefficient (Wildman–Crippen LogP) is 1.14. The lowest BCUT2D eigenvalue weighted by atomic mass is 10.2. The Balaban J connectivity index is 1.60. The van der Waals surface area contributed by atoms with Gasteiger partial charge in [-0.1, -0.05) is 12.1 Å². The van der Waals surface area contributed by atoms with Crippen LogP contribution < -0.4 is 20.3 Å². The third-order valence-corrected chi connectivity index (χ3v) is 5.81. The van der Waals surface area contributed by atoms with E-state index in [1.807, 2.05) is 0 Å². The first kappa shape index (κ1) is 20.4. The van der Waals surface area contributed by atoms with Crippen LogP contribution in [0.1, 0.15) is 15.9 Å². The molecule has 1 heterocycles. The molecule has 9 nitrogen and oxygen atoms in total. The number of nitrogens with one attached hydrogen (secondary N) is 2. The van der Waals surface area contributed by atoms with Crippen LogP contribution in [-0.4, -0.2) is 45.4 Å². The van der Waals surface area contributed by atoms with E-state index in [0.29, 0.717) is 11.5 Å². The lowest BCUT2D eigenvalue weighted by molar-refractivity contribution is -0.117. The van der Waals surface area contributed by atoms with E-state index in [-0.39, 0.29) is 17.3 Å². The summed E-state index contributed by atoms with van der Waals surface area (Å²) in [7, 11) is -0.877. The van der Waals surface area contributed by atoms with Gasteiger partial charge in [0, 0.05) is 25.7 Å². The molecule has 0 radical (unpaired) electrons. The number of fused-ring (bicyclic) bond motifs is 1. The second-order valence-electron chi connectivity index (χ2n) is 6.20. The Bertz CT molecular complexity index is 1080. The number of nitrogens with zero attached hydrogens (tertiary/aromatic N) is 1. The minimum absolute atomic E-state index is 0.0239. The van der Waals surface area contributed by atoms with Crippen LogP contribution in [0.5, 0.6) is 11.5 Å². The average molecular weight is 417 g/mol. The molecule has 0 fully saturated rings. The monoisotopic (exact) mass is 417 g/mol. The van der Waals surface area contributed by atoms with Crippen molar-refractivity contribution in [2.24, 2.45) is 0 Å². The maximum Gasteiger partial charge on any atom is 0.269 e. The van der Waals surface area contributed by atoms with E-state index in [9.17, 15) is 18.0 Å². The lowest BCUT2D eigenvalue weighted by Gasteiger charge is -2.12. The summed E-state index contributed by atoms with van der Waals surface area (Å²) >= 11 is 0. The van der Waals surface area contributed by atoms with Crippen molar-refractivity contribution in [1.29, 1.82) is 0 Å². The highest BCUT2D eigenvalue weighted by atomic mass is 32.2. The Hall–Kier alpha value is -3.37. The number of carbonyl (C=O) groups excluding carboxylic acids is 2. The molecule has 2 amide bonds. The topological polar surface area (TPSA) is 114 Å². The maximum atomic E-state index is 12.2. The highest BCUT2D eigenvalue weighted by molar-refractivity contribution is 7.89. The van der Waals surface area contributed by atoms with E-state index >= 15 is 0 Å². The van der Waals surface area contributed by atoms with Crippen molar-refractivity contribution in [2.75, 3.05) is 20.9 Å². The molecule has 1 aliphatic rings. The zero-order valence-corrected chi connectivity index (χ0v) is 16.5. The highest BCUT2D eigenvalue weighted by Gasteiger charge is 2.19. The average Bonchev–Trinajstić information content (AvgIpc) is 3.18. The molecule has 1 aliphatic heterocycles. The number of sulfonamides is 1. The molecule has 0 bridgehead atoms. The summed E-state index contributed by atoms with van der Waals surface area (Å²) in [6, 6.07) is 10.7. The minimum atomic E-state index is -3.67. The molecule has 0 aliphatic carbocycles. The largest absolute Gasteiger partial charge is 0.454 e. The first-order chi connectivity index (χ1) is 13.8. The number of hydrazine groups is 1. The molecule has 0 saturated heterocycles. The number of ether oxygens (including phenoxy) is 2. The Morgan fingerprint density at radius 3 is 2.55 bits per heavy atom. The van der Waals surface area contributed by atoms with Crippen molar-refractivity contribution in [1.82, 2.24) is 15.2 Å². The van der Waals surface area contributed by atoms with Gasteiger partial charge in [0.25, 0.3) is 11.8 Å². The second kappa shape index (κ2) is 8.33. The zero-order chi connectivity index (χ0) is 21.0. The fraction of sp³-hybridized carbons (Fsp3) is 0.158. The molecule has 152 valence electrons. The predicted molar refractivity (Wildman–Crippen MR) is 105 cm³/mol. The van der Waals surface area contributed by atoms with E-state index in [2.05, 4.69) is 10.9 Å². The third-order valence-electron chi connectivity index (χ3n) is 4.00. The van der Waals surface area contributed by atoms with Crippen LogP contribution >= 0.6 is 0 Å². The summed E-state index contributed by atoms with van der Waals surface area (Å²) in [4.78, 5) is 24.1. The highest BCUT2D eigenvalue weighted by Crippen LogP contribution is 2.32. The summed E-state index contributed by atoms with van der Waals surface area (Å²) in [5.41, 5.74) is 5.30. The van der Waals surface area contributed by atoms with Gasteiger partial charge in [-0.25, -0.2) is 12.7 Å². The van der Waals surface area contributed by atoms with Crippen LogP contribution in [0.25, 0.3) is 6.08 Å². The summed E-state index contributed by atoms with van der Waals surface area (Å²) in [6.45, 7) is 0.159. The van der Waals surface area contributed by atoms with E-state index in [4.69, 9.17) is 9.47 Å². The minimum Gasteiger partial charge on any atom is -0.454 e. The van der Waals surface area contributed by atoms with Crippen molar-refractivity contribution in [3.8, 4) is 11.5 Å². The van der Waals surface area contributed by atoms with E-state index < -0.39 is 21.8 Å². The van der Waals surface area contributed by atoms with Crippen LogP contribution in [0, 0.1) is 0 Å². The molecule has 0 saturated carbocycles. The standard InChI is InChI=1S/C19H19N3O6S/c1-22(2)29(25,26)15-5-3-4-14(11-15)19(24)21-20-18(23)9-7-13-6-8-16-17(10-13)28-12-27-16/h3-11H,12H2,1-2H3,(H,20,23)(H,21,24)/b9-7+. The Morgan fingerprint density at radius 1 is 1.03 bits per heavy atom. The molecule has 0 atom stereocenters. The van der Waals surface area contributed by atoms with Crippen molar-refractivity contribution in [3.05, 3.63) is 59.7 Å². The molecule has 10 heteroatoms. The third kappa shape index (κ3) is 4.73. The molecule has 29 heavy (non-hydrogen) atoms. The van der Waals surface area contributed by atoms with E-state index in [1.54, 1.807) is 24.3 Å². The molecular formula is C19H19N3O6S. The van der Waals surface area contributed by atoms with Gasteiger partial charge in [-0.2, -0.15) is 0 Å². The summed E-state index contributed by atoms with van der Waals surface area (Å²) in [5, 5.41) is 0. The van der Waals surface area contributed by atoms with Gasteiger partial charge in [-0.05, 0) is 42.0 Å². The zero-order valence-electron chi connectivity index (χ0n) is 15.7. The van der Waals surface area contributed by atoms with Gasteiger partial charge < -0.3 is 9.47 Å². The second-order valence-corrected chi connectivity index (χ2v) is 8.36. The molecule has 0 spiro atoms. The van der Waals surface area contributed by atoms with Gasteiger partial charge in [0.1, 0.15) is 0 Å². The van der Waals surface area contributed by atoms with Crippen molar-refractivity contribution >= 4 is 27.9 Å². The number of carbonyl (C=O) groups is 2. The molecule has 2 aromatic carbocycles. The van der Waals surface area contributed by atoms with Crippen LogP contribution in [0.3, 0.4) is 0 Å². The van der Waals surface area contributed by atoms with Gasteiger partial charge in [0.15, 0.2) is 11.5 Å². The molecular weight excluding hydrogens is 398 g/mol. The first-order valence-electron chi connectivity index (χ1n) is 8.48. The van der Waals surface area contributed by atoms with Crippen LogP contribution in [-0.2, 0) is 14.8 Å². The maximum absolute atomic E-state index is 12.2. The fourth-order valence-electron chi connectivity index (χ4n) is 2.43. The SMILES string of the molecule is CN(C)S(=O)(=O)c1cccc(C(=O)NNC(=O)/C=C/c2ccc3c(c2)OCO3)c1. The van der Waals surface area contributed by atoms with Crippen molar-refractivity contribution in [2.45, 2.75) is 4.90 Å². The van der Waals surface area contributed by atoms with E-state index in [0.717, 1.165) is 9.87 Å². The van der Waals surface area contributed by atoms with Gasteiger partial charge in [0.2, 0.25) is 16.8 Å².